The molecule has 0 radical (unpaired) electrons. The van der Waals surface area contributed by atoms with Gasteiger partial charge in [0.2, 0.25) is 0 Å². The van der Waals surface area contributed by atoms with Gasteiger partial charge in [-0.3, -0.25) is 14.9 Å². The summed E-state index contributed by atoms with van der Waals surface area (Å²) in [6.07, 6.45) is 0. The van der Waals surface area contributed by atoms with Crippen LogP contribution in [0.2, 0.25) is 0 Å². The molecule has 0 spiro atoms. The first kappa shape index (κ1) is 24.9. The zero-order valence-electron chi connectivity index (χ0n) is 18.6. The first-order valence-corrected chi connectivity index (χ1v) is 12.3. The summed E-state index contributed by atoms with van der Waals surface area (Å²) in [5.41, 5.74) is 3.04. The number of hydrogen-bond donors (Lipinski definition) is 3. The molecule has 10 heteroatoms. The summed E-state index contributed by atoms with van der Waals surface area (Å²) in [6, 6.07) is 17.9. The molecule has 0 bridgehead atoms. The van der Waals surface area contributed by atoms with Gasteiger partial charge in [0, 0.05) is 21.2 Å². The second kappa shape index (κ2) is 10.6. The summed E-state index contributed by atoms with van der Waals surface area (Å²) < 4.78 is 12.3. The molecule has 4 rings (SSSR count). The van der Waals surface area contributed by atoms with Crippen LogP contribution in [0.5, 0.6) is 5.75 Å². The lowest BCUT2D eigenvalue weighted by Crippen LogP contribution is -2.34. The monoisotopic (exact) mass is 615 g/mol. The molecular weight excluding hydrogens is 598 g/mol. The van der Waals surface area contributed by atoms with Gasteiger partial charge in [-0.2, -0.15) is 0 Å². The predicted octanol–water partition coefficient (Wildman–Crippen LogP) is 6.65. The van der Waals surface area contributed by atoms with Crippen molar-refractivity contribution >= 4 is 83.3 Å². The minimum Gasteiger partial charge on any atom is -0.495 e. The Morgan fingerprint density at radius 1 is 0.971 bits per heavy atom. The van der Waals surface area contributed by atoms with Crippen LogP contribution in [0.3, 0.4) is 0 Å². The maximum atomic E-state index is 12.8. The Kier molecular flexibility index (Phi) is 7.54. The zero-order valence-corrected chi connectivity index (χ0v) is 22.6. The van der Waals surface area contributed by atoms with Crippen molar-refractivity contribution in [2.75, 3.05) is 17.7 Å². The van der Waals surface area contributed by atoms with E-state index in [1.54, 1.807) is 30.3 Å². The summed E-state index contributed by atoms with van der Waals surface area (Å²) in [5.74, 6) is -0.144. The van der Waals surface area contributed by atoms with Gasteiger partial charge in [-0.25, -0.2) is 0 Å². The SMILES string of the molecule is COc1c(Br)cc(Br)cc1C(=O)NC(=S)Nc1ccc(NC(=O)c2cc3ccccc3o2)c(C)c1. The van der Waals surface area contributed by atoms with Gasteiger partial charge in [0.15, 0.2) is 10.9 Å². The van der Waals surface area contributed by atoms with Crippen LogP contribution in [0.4, 0.5) is 11.4 Å². The Hall–Kier alpha value is -3.21. The van der Waals surface area contributed by atoms with Crippen molar-refractivity contribution in [3.8, 4) is 5.75 Å². The molecule has 0 aliphatic heterocycles. The Balaban J connectivity index is 1.42. The number of hydrogen-bond acceptors (Lipinski definition) is 5. The molecule has 4 aromatic rings. The Labute approximate surface area is 223 Å². The van der Waals surface area contributed by atoms with Crippen molar-refractivity contribution in [1.29, 1.82) is 0 Å². The number of amides is 2. The highest BCUT2D eigenvalue weighted by molar-refractivity contribution is 9.11. The number of benzene rings is 3. The lowest BCUT2D eigenvalue weighted by Gasteiger charge is -2.14. The van der Waals surface area contributed by atoms with Gasteiger partial charge in [0.25, 0.3) is 11.8 Å². The van der Waals surface area contributed by atoms with Crippen molar-refractivity contribution in [2.45, 2.75) is 6.92 Å². The van der Waals surface area contributed by atoms with Crippen LogP contribution in [0.25, 0.3) is 11.0 Å². The van der Waals surface area contributed by atoms with Gasteiger partial charge >= 0.3 is 0 Å². The molecular formula is C25H19Br2N3O4S. The van der Waals surface area contributed by atoms with Crippen LogP contribution in [0.15, 0.2) is 74.0 Å². The molecule has 0 saturated heterocycles. The Morgan fingerprint density at radius 3 is 2.46 bits per heavy atom. The van der Waals surface area contributed by atoms with Gasteiger partial charge < -0.3 is 19.8 Å². The Bertz CT molecular complexity index is 1440. The summed E-state index contributed by atoms with van der Waals surface area (Å²) in [5, 5.41) is 9.47. The largest absolute Gasteiger partial charge is 0.495 e. The molecule has 2 amide bonds. The smallest absolute Gasteiger partial charge is 0.291 e. The van der Waals surface area contributed by atoms with E-state index in [1.165, 1.54) is 7.11 Å². The van der Waals surface area contributed by atoms with Gasteiger partial charge in [0.1, 0.15) is 11.3 Å². The highest BCUT2D eigenvalue weighted by Crippen LogP contribution is 2.32. The molecule has 7 nitrogen and oxygen atoms in total. The van der Waals surface area contributed by atoms with Gasteiger partial charge in [-0.15, -0.1) is 0 Å². The number of furan rings is 1. The maximum Gasteiger partial charge on any atom is 0.291 e. The summed E-state index contributed by atoms with van der Waals surface area (Å²) in [7, 11) is 1.48. The van der Waals surface area contributed by atoms with Crippen molar-refractivity contribution < 1.29 is 18.7 Å². The topological polar surface area (TPSA) is 92.6 Å². The number of aryl methyl sites for hydroxylation is 1. The minimum absolute atomic E-state index is 0.117. The molecule has 35 heavy (non-hydrogen) atoms. The maximum absolute atomic E-state index is 12.8. The highest BCUT2D eigenvalue weighted by Gasteiger charge is 2.18. The third-order valence-corrected chi connectivity index (χ3v) is 6.32. The first-order chi connectivity index (χ1) is 16.7. The number of anilines is 2. The van der Waals surface area contributed by atoms with Gasteiger partial charge in [0.05, 0.1) is 17.1 Å². The van der Waals surface area contributed by atoms with Crippen molar-refractivity contribution in [3.63, 3.8) is 0 Å². The fourth-order valence-corrected chi connectivity index (χ4v) is 5.03. The van der Waals surface area contributed by atoms with Crippen LogP contribution in [0.1, 0.15) is 26.5 Å². The fourth-order valence-electron chi connectivity index (χ4n) is 3.43. The highest BCUT2D eigenvalue weighted by atomic mass is 79.9. The third-order valence-electron chi connectivity index (χ3n) is 5.07. The van der Waals surface area contributed by atoms with Crippen LogP contribution in [0, 0.1) is 6.92 Å². The molecule has 3 aromatic carbocycles. The van der Waals surface area contributed by atoms with E-state index in [0.717, 1.165) is 10.9 Å². The van der Waals surface area contributed by atoms with Crippen LogP contribution in [-0.4, -0.2) is 24.0 Å². The lowest BCUT2D eigenvalue weighted by molar-refractivity contribution is 0.0972. The molecule has 1 aromatic heterocycles. The predicted molar refractivity (Wildman–Crippen MR) is 147 cm³/mol. The molecule has 0 unspecified atom stereocenters. The van der Waals surface area contributed by atoms with E-state index in [-0.39, 0.29) is 16.8 Å². The van der Waals surface area contributed by atoms with Crippen molar-refractivity contribution in [3.05, 3.63) is 86.5 Å². The molecule has 0 atom stereocenters. The summed E-state index contributed by atoms with van der Waals surface area (Å²) in [6.45, 7) is 1.85. The molecule has 0 aliphatic carbocycles. The minimum atomic E-state index is -0.423. The molecule has 3 N–H and O–H groups in total. The second-order valence-corrected chi connectivity index (χ2v) is 9.69. The van der Waals surface area contributed by atoms with E-state index < -0.39 is 5.91 Å². The van der Waals surface area contributed by atoms with E-state index in [9.17, 15) is 9.59 Å². The molecule has 0 fully saturated rings. The number of ether oxygens (including phenoxy) is 1. The van der Waals surface area contributed by atoms with E-state index in [0.29, 0.717) is 37.2 Å². The molecule has 178 valence electrons. The molecule has 0 saturated carbocycles. The lowest BCUT2D eigenvalue weighted by atomic mass is 10.1. The molecule has 1 heterocycles. The Morgan fingerprint density at radius 2 is 1.74 bits per heavy atom. The van der Waals surface area contributed by atoms with E-state index in [4.69, 9.17) is 21.4 Å². The average Bonchev–Trinajstić information content (AvgIpc) is 3.25. The van der Waals surface area contributed by atoms with Gasteiger partial charge in [-0.05, 0) is 83.1 Å². The van der Waals surface area contributed by atoms with Crippen molar-refractivity contribution in [1.82, 2.24) is 5.32 Å². The third kappa shape index (κ3) is 5.72. The van der Waals surface area contributed by atoms with E-state index in [1.807, 2.05) is 37.3 Å². The van der Waals surface area contributed by atoms with Crippen LogP contribution >= 0.6 is 44.1 Å². The van der Waals surface area contributed by atoms with Crippen LogP contribution < -0.4 is 20.7 Å². The van der Waals surface area contributed by atoms with Crippen LogP contribution in [-0.2, 0) is 0 Å². The zero-order chi connectivity index (χ0) is 25.1. The summed E-state index contributed by atoms with van der Waals surface area (Å²) >= 11 is 12.1. The summed E-state index contributed by atoms with van der Waals surface area (Å²) in [4.78, 5) is 25.4. The number of halogens is 2. The average molecular weight is 617 g/mol. The second-order valence-electron chi connectivity index (χ2n) is 7.51. The normalized spacial score (nSPS) is 10.6. The van der Waals surface area contributed by atoms with E-state index in [2.05, 4.69) is 47.8 Å². The van der Waals surface area contributed by atoms with E-state index >= 15 is 0 Å². The number of carbonyl (C=O) groups is 2. The standard InChI is InChI=1S/C25H19Br2N3O4S/c1-13-9-16(28-25(35)30-23(31)17-11-15(26)12-18(27)22(17)33-2)7-8-19(13)29-24(32)21-10-14-5-3-4-6-20(14)34-21/h3-12H,1-2H3,(H,29,32)(H2,28,30,31,35). The quantitative estimate of drug-likeness (QED) is 0.217. The molecule has 0 aliphatic rings. The first-order valence-electron chi connectivity index (χ1n) is 10.3. The number of fused-ring (bicyclic) bond motifs is 1. The van der Waals surface area contributed by atoms with Crippen molar-refractivity contribution in [2.24, 2.45) is 0 Å². The number of para-hydroxylation sites is 1. The van der Waals surface area contributed by atoms with Gasteiger partial charge in [-0.1, -0.05) is 34.1 Å². The number of carbonyl (C=O) groups excluding carboxylic acids is 2. The fraction of sp³-hybridized carbons (Fsp3) is 0.0800. The number of rotatable bonds is 5. The number of methoxy groups -OCH3 is 1. The number of nitrogens with one attached hydrogen (secondary N) is 3. The number of thiocarbonyl (C=S) groups is 1.